The molecule has 1 aromatic rings. The van der Waals surface area contributed by atoms with Crippen LogP contribution in [0.25, 0.3) is 0 Å². The minimum absolute atomic E-state index is 0.125. The fraction of sp³-hybridized carbons (Fsp3) is 0.500. The topological polar surface area (TPSA) is 67.4 Å². The number of hydrogen-bond acceptors (Lipinski definition) is 4. The lowest BCUT2D eigenvalue weighted by atomic mass is 10.3. The molecule has 2 amide bonds. The van der Waals surface area contributed by atoms with Gasteiger partial charge >= 0.3 is 12.0 Å². The van der Waals surface area contributed by atoms with Crippen molar-refractivity contribution in [2.24, 2.45) is 0 Å². The monoisotopic (exact) mass is 304 g/mol. The van der Waals surface area contributed by atoms with Crippen molar-refractivity contribution in [3.63, 3.8) is 0 Å². The van der Waals surface area contributed by atoms with Gasteiger partial charge in [-0.2, -0.15) is 0 Å². The van der Waals surface area contributed by atoms with E-state index < -0.39 is 0 Å². The van der Waals surface area contributed by atoms with Crippen molar-refractivity contribution in [1.29, 1.82) is 0 Å². The summed E-state index contributed by atoms with van der Waals surface area (Å²) < 4.78 is 5.44. The quantitative estimate of drug-likeness (QED) is 0.794. The number of esters is 1. The predicted molar refractivity (Wildman–Crippen MR) is 75.5 cm³/mol. The molecule has 0 aliphatic carbocycles. The van der Waals surface area contributed by atoms with E-state index in [1.807, 2.05) is 13.0 Å². The molecule has 0 bridgehead atoms. The van der Waals surface area contributed by atoms with E-state index in [0.717, 1.165) is 4.88 Å². The molecule has 0 spiro atoms. The predicted octanol–water partition coefficient (Wildman–Crippen LogP) is 2.71. The number of rotatable bonds is 6. The van der Waals surface area contributed by atoms with Gasteiger partial charge in [-0.15, -0.1) is 11.3 Å². The zero-order chi connectivity index (χ0) is 14.3. The number of amides is 2. The fourth-order valence-corrected chi connectivity index (χ4v) is 2.45. The molecular weight excluding hydrogens is 288 g/mol. The van der Waals surface area contributed by atoms with Gasteiger partial charge in [0, 0.05) is 11.4 Å². The number of halogens is 1. The maximum Gasteiger partial charge on any atom is 0.315 e. The number of urea groups is 1. The lowest BCUT2D eigenvalue weighted by Gasteiger charge is -2.12. The van der Waals surface area contributed by atoms with Crippen LogP contribution in [-0.4, -0.2) is 25.2 Å². The van der Waals surface area contributed by atoms with Crippen LogP contribution < -0.4 is 10.6 Å². The second kappa shape index (κ2) is 8.01. The Hall–Kier alpha value is -1.27. The van der Waals surface area contributed by atoms with Gasteiger partial charge in [-0.3, -0.25) is 4.79 Å². The average Bonchev–Trinajstić information content (AvgIpc) is 2.76. The van der Waals surface area contributed by atoms with Gasteiger partial charge in [-0.25, -0.2) is 4.79 Å². The summed E-state index contributed by atoms with van der Waals surface area (Å²) in [5, 5.41) is 5.37. The Bertz CT molecular complexity index is 436. The zero-order valence-corrected chi connectivity index (χ0v) is 12.4. The summed E-state index contributed by atoms with van der Waals surface area (Å²) in [5.41, 5.74) is 0. The summed E-state index contributed by atoms with van der Waals surface area (Å²) in [6, 6.07) is 3.22. The highest BCUT2D eigenvalue weighted by Crippen LogP contribution is 2.26. The summed E-state index contributed by atoms with van der Waals surface area (Å²) in [6.07, 6.45) is 0.167. The zero-order valence-electron chi connectivity index (χ0n) is 10.9. The normalized spacial score (nSPS) is 11.7. The first kappa shape index (κ1) is 15.8. The van der Waals surface area contributed by atoms with Gasteiger partial charge in [0.15, 0.2) is 0 Å². The Balaban J connectivity index is 2.25. The molecule has 0 fully saturated rings. The van der Waals surface area contributed by atoms with E-state index in [9.17, 15) is 9.59 Å². The molecule has 1 unspecified atom stereocenters. The van der Waals surface area contributed by atoms with Crippen LogP contribution in [0.2, 0.25) is 4.34 Å². The van der Waals surface area contributed by atoms with Crippen LogP contribution in [0.15, 0.2) is 12.1 Å². The van der Waals surface area contributed by atoms with Gasteiger partial charge < -0.3 is 15.4 Å². The minimum Gasteiger partial charge on any atom is -0.466 e. The minimum atomic E-state index is -0.319. The van der Waals surface area contributed by atoms with E-state index in [1.54, 1.807) is 13.0 Å². The van der Waals surface area contributed by atoms with Crippen LogP contribution in [0.3, 0.4) is 0 Å². The lowest BCUT2D eigenvalue weighted by Crippen LogP contribution is -2.37. The number of carbonyl (C=O) groups is 2. The summed E-state index contributed by atoms with van der Waals surface area (Å²) in [6.45, 7) is 4.21. The summed E-state index contributed by atoms with van der Waals surface area (Å²) in [7, 11) is 0. The summed E-state index contributed by atoms with van der Waals surface area (Å²) in [4.78, 5) is 23.6. The maximum atomic E-state index is 11.6. The van der Waals surface area contributed by atoms with Crippen LogP contribution in [0, 0.1) is 0 Å². The van der Waals surface area contributed by atoms with Crippen molar-refractivity contribution in [2.45, 2.75) is 26.3 Å². The second-order valence-corrected chi connectivity index (χ2v) is 5.57. The largest absolute Gasteiger partial charge is 0.466 e. The number of carbonyl (C=O) groups excluding carboxylic acids is 2. The van der Waals surface area contributed by atoms with E-state index in [1.165, 1.54) is 11.3 Å². The van der Waals surface area contributed by atoms with Crippen molar-refractivity contribution in [3.05, 3.63) is 21.3 Å². The Morgan fingerprint density at radius 2 is 2.21 bits per heavy atom. The fourth-order valence-electron chi connectivity index (χ4n) is 1.39. The molecular formula is C12H17ClN2O3S. The molecule has 7 heteroatoms. The van der Waals surface area contributed by atoms with Crippen molar-refractivity contribution in [3.8, 4) is 0 Å². The third kappa shape index (κ3) is 5.94. The SMILES string of the molecule is CCOC(=O)CCNC(=O)NC(C)c1ccc(Cl)s1. The third-order valence-corrected chi connectivity index (χ3v) is 3.70. The Morgan fingerprint density at radius 1 is 1.47 bits per heavy atom. The first-order chi connectivity index (χ1) is 9.02. The van der Waals surface area contributed by atoms with Gasteiger partial charge in [0.1, 0.15) is 0 Å². The number of hydrogen-bond donors (Lipinski definition) is 2. The van der Waals surface area contributed by atoms with Crippen LogP contribution in [-0.2, 0) is 9.53 Å². The molecule has 0 saturated heterocycles. The van der Waals surface area contributed by atoms with E-state index in [0.29, 0.717) is 10.9 Å². The Morgan fingerprint density at radius 3 is 2.79 bits per heavy atom. The lowest BCUT2D eigenvalue weighted by molar-refractivity contribution is -0.142. The van der Waals surface area contributed by atoms with Crippen molar-refractivity contribution < 1.29 is 14.3 Å². The molecule has 1 heterocycles. The van der Waals surface area contributed by atoms with Crippen molar-refractivity contribution in [2.75, 3.05) is 13.2 Å². The molecule has 2 N–H and O–H groups in total. The highest BCUT2D eigenvalue weighted by molar-refractivity contribution is 7.16. The number of nitrogens with one attached hydrogen (secondary N) is 2. The number of ether oxygens (including phenoxy) is 1. The van der Waals surface area contributed by atoms with Crippen LogP contribution in [0.1, 0.15) is 31.2 Å². The molecule has 0 aromatic carbocycles. The van der Waals surface area contributed by atoms with Crippen LogP contribution >= 0.6 is 22.9 Å². The van der Waals surface area contributed by atoms with Gasteiger partial charge in [0.05, 0.1) is 23.4 Å². The second-order valence-electron chi connectivity index (χ2n) is 3.82. The molecule has 19 heavy (non-hydrogen) atoms. The van der Waals surface area contributed by atoms with E-state index in [-0.39, 0.29) is 31.0 Å². The molecule has 1 aromatic heterocycles. The van der Waals surface area contributed by atoms with Crippen molar-refractivity contribution >= 4 is 34.9 Å². The first-order valence-electron chi connectivity index (χ1n) is 5.98. The standard InChI is InChI=1S/C12H17ClN2O3S/c1-3-18-11(16)6-7-14-12(17)15-8(2)9-4-5-10(13)19-9/h4-5,8H,3,6-7H2,1-2H3,(H2,14,15,17). The summed E-state index contributed by atoms with van der Waals surface area (Å²) >= 11 is 7.25. The Kier molecular flexibility index (Phi) is 6.66. The third-order valence-electron chi connectivity index (χ3n) is 2.29. The van der Waals surface area contributed by atoms with Crippen LogP contribution in [0.5, 0.6) is 0 Å². The molecule has 1 atom stereocenters. The maximum absolute atomic E-state index is 11.6. The van der Waals surface area contributed by atoms with Gasteiger partial charge in [-0.05, 0) is 26.0 Å². The van der Waals surface area contributed by atoms with E-state index in [2.05, 4.69) is 10.6 Å². The molecule has 106 valence electrons. The highest BCUT2D eigenvalue weighted by atomic mass is 35.5. The molecule has 0 radical (unpaired) electrons. The number of thiophene rings is 1. The summed E-state index contributed by atoms with van der Waals surface area (Å²) in [5.74, 6) is -0.319. The van der Waals surface area contributed by atoms with Crippen molar-refractivity contribution in [1.82, 2.24) is 10.6 Å². The van der Waals surface area contributed by atoms with E-state index >= 15 is 0 Å². The van der Waals surface area contributed by atoms with Gasteiger partial charge in [0.25, 0.3) is 0 Å². The first-order valence-corrected chi connectivity index (χ1v) is 7.17. The average molecular weight is 305 g/mol. The molecule has 1 rings (SSSR count). The van der Waals surface area contributed by atoms with Crippen LogP contribution in [0.4, 0.5) is 4.79 Å². The molecule has 0 saturated carbocycles. The molecule has 0 aliphatic heterocycles. The Labute approximate surface area is 121 Å². The molecule has 0 aliphatic rings. The van der Waals surface area contributed by atoms with E-state index in [4.69, 9.17) is 16.3 Å². The molecule has 5 nitrogen and oxygen atoms in total. The highest BCUT2D eigenvalue weighted by Gasteiger charge is 2.11. The smallest absolute Gasteiger partial charge is 0.315 e. The van der Waals surface area contributed by atoms with Gasteiger partial charge in [0.2, 0.25) is 0 Å². The van der Waals surface area contributed by atoms with Gasteiger partial charge in [-0.1, -0.05) is 11.6 Å².